The van der Waals surface area contributed by atoms with Gasteiger partial charge in [-0.15, -0.1) is 0 Å². The lowest BCUT2D eigenvalue weighted by Crippen LogP contribution is -2.36. The van der Waals surface area contributed by atoms with Crippen molar-refractivity contribution in [1.82, 2.24) is 15.3 Å². The number of hydrogen-bond acceptors (Lipinski definition) is 7. The SMILES string of the molecule is C=C(C)C(=CC(=CC)NC(=O)c1ccnc(C(C)(C)F)c1)c1cc(OCCO)nc(N2CCOCC2)c1. The first kappa shape index (κ1) is 28.0. The summed E-state index contributed by atoms with van der Waals surface area (Å²) in [4.78, 5) is 23.8. The highest BCUT2D eigenvalue weighted by atomic mass is 19.1. The summed E-state index contributed by atoms with van der Waals surface area (Å²) in [5.74, 6) is 0.725. The summed E-state index contributed by atoms with van der Waals surface area (Å²) in [5, 5.41) is 12.1. The number of carbonyl (C=O) groups is 1. The number of nitrogens with one attached hydrogen (secondary N) is 1. The number of pyridine rings is 2. The number of allylic oxidation sites excluding steroid dienone is 4. The summed E-state index contributed by atoms with van der Waals surface area (Å²) in [5.41, 5.74) is 1.72. The number of anilines is 1. The zero-order valence-corrected chi connectivity index (χ0v) is 21.9. The van der Waals surface area contributed by atoms with Crippen LogP contribution in [0.5, 0.6) is 5.88 Å². The van der Waals surface area contributed by atoms with E-state index in [0.717, 1.165) is 22.5 Å². The molecule has 3 rings (SSSR count). The van der Waals surface area contributed by atoms with Crippen LogP contribution in [0.25, 0.3) is 5.57 Å². The van der Waals surface area contributed by atoms with Gasteiger partial charge >= 0.3 is 0 Å². The fraction of sp³-hybridized carbons (Fsp3) is 0.393. The van der Waals surface area contributed by atoms with Gasteiger partial charge in [-0.25, -0.2) is 4.39 Å². The van der Waals surface area contributed by atoms with Crippen molar-refractivity contribution in [2.75, 3.05) is 44.4 Å². The van der Waals surface area contributed by atoms with Gasteiger partial charge < -0.3 is 24.8 Å². The summed E-state index contributed by atoms with van der Waals surface area (Å²) in [6, 6.07) is 6.73. The summed E-state index contributed by atoms with van der Waals surface area (Å²) in [6.45, 7) is 13.2. The molecule has 2 aromatic heterocycles. The predicted octanol–water partition coefficient (Wildman–Crippen LogP) is 4.18. The number of morpholine rings is 1. The number of carbonyl (C=O) groups excluding carboxylic acids is 1. The number of rotatable bonds is 10. The van der Waals surface area contributed by atoms with Crippen LogP contribution < -0.4 is 15.0 Å². The molecule has 0 aromatic carbocycles. The van der Waals surface area contributed by atoms with Gasteiger partial charge in [0.2, 0.25) is 5.88 Å². The molecule has 2 aromatic rings. The lowest BCUT2D eigenvalue weighted by atomic mass is 9.99. The average Bonchev–Trinajstić information content (AvgIpc) is 2.89. The molecular weight excluding hydrogens is 475 g/mol. The molecule has 0 aliphatic carbocycles. The Morgan fingerprint density at radius 1 is 1.30 bits per heavy atom. The molecule has 198 valence electrons. The van der Waals surface area contributed by atoms with Gasteiger partial charge in [-0.2, -0.15) is 4.98 Å². The minimum absolute atomic E-state index is 0.116. The third-order valence-corrected chi connectivity index (χ3v) is 5.74. The van der Waals surface area contributed by atoms with Crippen LogP contribution in [0.1, 0.15) is 49.3 Å². The molecule has 0 unspecified atom stereocenters. The third kappa shape index (κ3) is 7.71. The van der Waals surface area contributed by atoms with Crippen molar-refractivity contribution < 1.29 is 23.8 Å². The molecule has 1 aliphatic rings. The number of halogens is 1. The molecule has 1 amide bonds. The highest BCUT2D eigenvalue weighted by Crippen LogP contribution is 2.30. The quantitative estimate of drug-likeness (QED) is 0.463. The van der Waals surface area contributed by atoms with Crippen molar-refractivity contribution in [3.05, 3.63) is 77.3 Å². The van der Waals surface area contributed by atoms with Crippen LogP contribution >= 0.6 is 0 Å². The lowest BCUT2D eigenvalue weighted by molar-refractivity contribution is 0.0966. The maximum atomic E-state index is 14.4. The van der Waals surface area contributed by atoms with E-state index < -0.39 is 5.67 Å². The molecule has 9 heteroatoms. The van der Waals surface area contributed by atoms with Gasteiger partial charge in [-0.3, -0.25) is 9.78 Å². The first-order chi connectivity index (χ1) is 17.6. The Balaban J connectivity index is 1.94. The Kier molecular flexibility index (Phi) is 9.54. The van der Waals surface area contributed by atoms with Crippen LogP contribution in [0.3, 0.4) is 0 Å². The Labute approximate surface area is 217 Å². The van der Waals surface area contributed by atoms with Gasteiger partial charge in [0.05, 0.1) is 25.5 Å². The Morgan fingerprint density at radius 3 is 2.65 bits per heavy atom. The van der Waals surface area contributed by atoms with Gasteiger partial charge in [-0.1, -0.05) is 18.2 Å². The van der Waals surface area contributed by atoms with Gasteiger partial charge in [0, 0.05) is 36.6 Å². The van der Waals surface area contributed by atoms with Crippen molar-refractivity contribution in [2.45, 2.75) is 33.4 Å². The molecule has 2 N–H and O–H groups in total. The second kappa shape index (κ2) is 12.6. The smallest absolute Gasteiger partial charge is 0.255 e. The highest BCUT2D eigenvalue weighted by Gasteiger charge is 2.22. The minimum atomic E-state index is -1.66. The largest absolute Gasteiger partial charge is 0.475 e. The fourth-order valence-electron chi connectivity index (χ4n) is 3.73. The molecule has 1 fully saturated rings. The van der Waals surface area contributed by atoms with Crippen LogP contribution in [-0.4, -0.2) is 60.5 Å². The molecule has 37 heavy (non-hydrogen) atoms. The minimum Gasteiger partial charge on any atom is -0.475 e. The molecule has 0 bridgehead atoms. The zero-order valence-electron chi connectivity index (χ0n) is 21.9. The number of aliphatic hydroxyl groups excluding tert-OH is 1. The first-order valence-corrected chi connectivity index (χ1v) is 12.2. The maximum absolute atomic E-state index is 14.4. The number of aliphatic hydroxyl groups is 1. The Morgan fingerprint density at radius 2 is 2.03 bits per heavy atom. The van der Waals surface area contributed by atoms with Crippen LogP contribution in [0.4, 0.5) is 10.2 Å². The topological polar surface area (TPSA) is 96.8 Å². The second-order valence-electron chi connectivity index (χ2n) is 9.16. The van der Waals surface area contributed by atoms with E-state index in [9.17, 15) is 14.3 Å². The van der Waals surface area contributed by atoms with Crippen molar-refractivity contribution >= 4 is 17.3 Å². The van der Waals surface area contributed by atoms with Gasteiger partial charge in [0.25, 0.3) is 5.91 Å². The fourth-order valence-corrected chi connectivity index (χ4v) is 3.73. The molecule has 0 radical (unpaired) electrons. The summed E-state index contributed by atoms with van der Waals surface area (Å²) in [7, 11) is 0. The molecule has 1 aliphatic heterocycles. The van der Waals surface area contributed by atoms with Crippen molar-refractivity contribution in [3.63, 3.8) is 0 Å². The maximum Gasteiger partial charge on any atom is 0.255 e. The van der Waals surface area contributed by atoms with Crippen molar-refractivity contribution in [1.29, 1.82) is 0 Å². The van der Waals surface area contributed by atoms with Crippen LogP contribution in [0.2, 0.25) is 0 Å². The molecular formula is C28H35FN4O4. The van der Waals surface area contributed by atoms with Gasteiger partial charge in [0.15, 0.2) is 0 Å². The number of nitrogens with zero attached hydrogens (tertiary/aromatic N) is 3. The molecule has 0 atom stereocenters. The van der Waals surface area contributed by atoms with Crippen molar-refractivity contribution in [3.8, 4) is 5.88 Å². The normalized spacial score (nSPS) is 14.9. The van der Waals surface area contributed by atoms with E-state index in [2.05, 4.69) is 26.8 Å². The highest BCUT2D eigenvalue weighted by molar-refractivity contribution is 5.96. The number of amides is 1. The monoisotopic (exact) mass is 510 g/mol. The summed E-state index contributed by atoms with van der Waals surface area (Å²) < 4.78 is 25.5. The molecule has 3 heterocycles. The Hall–Kier alpha value is -3.56. The van der Waals surface area contributed by atoms with Crippen LogP contribution in [-0.2, 0) is 10.4 Å². The summed E-state index contributed by atoms with van der Waals surface area (Å²) in [6.07, 6.45) is 5.03. The van der Waals surface area contributed by atoms with Crippen LogP contribution in [0.15, 0.2) is 60.5 Å². The van der Waals surface area contributed by atoms with E-state index >= 15 is 0 Å². The Bertz CT molecular complexity index is 1180. The van der Waals surface area contributed by atoms with E-state index in [0.29, 0.717) is 43.4 Å². The molecule has 0 spiro atoms. The number of hydrogen-bond donors (Lipinski definition) is 2. The average molecular weight is 511 g/mol. The standard InChI is InChI=1S/C28H35FN4O4/c1-6-22(31-27(35)20-7-8-30-24(15-20)28(4,5)29)18-23(19(2)3)21-16-25(33-9-12-36-13-10-33)32-26(17-21)37-14-11-34/h6-8,15-18,34H,2,9-14H2,1,3-5H3,(H,31,35). The van der Waals surface area contributed by atoms with E-state index in [1.54, 1.807) is 18.2 Å². The first-order valence-electron chi connectivity index (χ1n) is 12.2. The number of ether oxygens (including phenoxy) is 2. The van der Waals surface area contributed by atoms with E-state index in [1.165, 1.54) is 26.1 Å². The summed E-state index contributed by atoms with van der Waals surface area (Å²) >= 11 is 0. The molecule has 1 saturated heterocycles. The third-order valence-electron chi connectivity index (χ3n) is 5.74. The predicted molar refractivity (Wildman–Crippen MR) is 142 cm³/mol. The van der Waals surface area contributed by atoms with Gasteiger partial charge in [0.1, 0.15) is 18.1 Å². The van der Waals surface area contributed by atoms with Gasteiger partial charge in [-0.05, 0) is 63.1 Å². The van der Waals surface area contributed by atoms with E-state index in [-0.39, 0.29) is 24.8 Å². The zero-order chi connectivity index (χ0) is 27.0. The van der Waals surface area contributed by atoms with E-state index in [4.69, 9.17) is 9.47 Å². The van der Waals surface area contributed by atoms with Crippen LogP contribution in [0, 0.1) is 0 Å². The van der Waals surface area contributed by atoms with Crippen molar-refractivity contribution in [2.24, 2.45) is 0 Å². The lowest BCUT2D eigenvalue weighted by Gasteiger charge is -2.28. The second-order valence-corrected chi connectivity index (χ2v) is 9.16. The molecule has 8 nitrogen and oxygen atoms in total. The van der Waals surface area contributed by atoms with E-state index in [1.807, 2.05) is 26.0 Å². The number of alkyl halides is 1. The number of aromatic nitrogens is 2. The molecule has 0 saturated carbocycles.